The summed E-state index contributed by atoms with van der Waals surface area (Å²) >= 11 is 0. The lowest BCUT2D eigenvalue weighted by molar-refractivity contribution is 0.655. The Bertz CT molecular complexity index is 103. The van der Waals surface area contributed by atoms with E-state index in [0.717, 1.165) is 6.42 Å². The van der Waals surface area contributed by atoms with Crippen LogP contribution in [0.4, 0.5) is 0 Å². The van der Waals surface area contributed by atoms with E-state index in [2.05, 4.69) is 25.7 Å². The maximum atomic E-state index is 3.65. The molecule has 0 radical (unpaired) electrons. The van der Waals surface area contributed by atoms with E-state index in [1.54, 1.807) is 0 Å². The zero-order valence-electron chi connectivity index (χ0n) is 4.65. The molecule has 0 aliphatic heterocycles. The van der Waals surface area contributed by atoms with Gasteiger partial charge in [0.1, 0.15) is 0 Å². The van der Waals surface area contributed by atoms with Crippen LogP contribution in [-0.2, 0) is 0 Å². The quantitative estimate of drug-likeness (QED) is 0.460. The summed E-state index contributed by atoms with van der Waals surface area (Å²) in [5, 5.41) is 0. The highest BCUT2D eigenvalue weighted by Crippen LogP contribution is 2.37. The van der Waals surface area contributed by atoms with Crippen LogP contribution in [0.5, 0.6) is 0 Å². The van der Waals surface area contributed by atoms with Crippen LogP contribution < -0.4 is 0 Å². The lowest BCUT2D eigenvalue weighted by Gasteiger charge is -2.00. The van der Waals surface area contributed by atoms with Gasteiger partial charge in [0.15, 0.2) is 0 Å². The molecule has 0 aromatic heterocycles. The van der Waals surface area contributed by atoms with Crippen LogP contribution in [0.1, 0.15) is 13.3 Å². The highest BCUT2D eigenvalue weighted by Gasteiger charge is 2.24. The Labute approximate surface area is 44.5 Å². The van der Waals surface area contributed by atoms with Gasteiger partial charge in [-0.2, -0.15) is 0 Å². The van der Waals surface area contributed by atoms with Crippen molar-refractivity contribution in [1.29, 1.82) is 0 Å². The number of rotatable bonds is 2. The molecule has 0 heterocycles. The normalized spacial score (nSPS) is 21.9. The van der Waals surface area contributed by atoms with E-state index in [1.807, 2.05) is 6.08 Å². The van der Waals surface area contributed by atoms with Crippen LogP contribution in [0.25, 0.3) is 0 Å². The average molecular weight is 94.2 g/mol. The van der Waals surface area contributed by atoms with Gasteiger partial charge in [0.05, 0.1) is 0 Å². The van der Waals surface area contributed by atoms with Gasteiger partial charge >= 0.3 is 0 Å². The molecule has 0 saturated carbocycles. The van der Waals surface area contributed by atoms with Gasteiger partial charge in [-0.05, 0) is 6.42 Å². The largest absolute Gasteiger partial charge is 0.103 e. The van der Waals surface area contributed by atoms with E-state index in [4.69, 9.17) is 0 Å². The van der Waals surface area contributed by atoms with E-state index in [0.29, 0.717) is 5.41 Å². The third-order valence-electron chi connectivity index (χ3n) is 1.32. The summed E-state index contributed by atoms with van der Waals surface area (Å²) in [4.78, 5) is 0. The zero-order valence-corrected chi connectivity index (χ0v) is 4.65. The third-order valence-corrected chi connectivity index (χ3v) is 1.32. The first-order chi connectivity index (χ1) is 3.27. The van der Waals surface area contributed by atoms with Crippen molar-refractivity contribution in [3.05, 3.63) is 24.8 Å². The molecular formula is C7H10. The standard InChI is InChI=1S/C7H10/c1-3-4-7(2)5-6-7/h3,5-6H,1,4H2,2H3. The SMILES string of the molecule is C=CCC1(C)C=C1. The van der Waals surface area contributed by atoms with Gasteiger partial charge < -0.3 is 0 Å². The highest BCUT2D eigenvalue weighted by atomic mass is 14.3. The van der Waals surface area contributed by atoms with E-state index in [1.165, 1.54) is 0 Å². The molecule has 0 heteroatoms. The number of allylic oxidation sites excluding steroid dienone is 3. The molecular weight excluding hydrogens is 84.1 g/mol. The monoisotopic (exact) mass is 94.1 g/mol. The number of hydrogen-bond donors (Lipinski definition) is 0. The zero-order chi connectivity index (χ0) is 5.33. The molecule has 0 nitrogen and oxygen atoms in total. The summed E-state index contributed by atoms with van der Waals surface area (Å²) in [5.74, 6) is 0. The van der Waals surface area contributed by atoms with Crippen molar-refractivity contribution in [2.45, 2.75) is 13.3 Å². The van der Waals surface area contributed by atoms with Crippen LogP contribution in [0.15, 0.2) is 24.8 Å². The van der Waals surface area contributed by atoms with Crippen molar-refractivity contribution in [3.63, 3.8) is 0 Å². The lowest BCUT2D eigenvalue weighted by Crippen LogP contribution is -1.89. The Morgan fingerprint density at radius 3 is 2.43 bits per heavy atom. The Kier molecular flexibility index (Phi) is 0.810. The summed E-state index contributed by atoms with van der Waals surface area (Å²) in [6, 6.07) is 0. The Morgan fingerprint density at radius 1 is 1.71 bits per heavy atom. The molecule has 0 saturated heterocycles. The van der Waals surface area contributed by atoms with Crippen molar-refractivity contribution < 1.29 is 0 Å². The smallest absolute Gasteiger partial charge is 0.00676 e. The van der Waals surface area contributed by atoms with Gasteiger partial charge in [0, 0.05) is 5.41 Å². The van der Waals surface area contributed by atoms with Crippen molar-refractivity contribution in [3.8, 4) is 0 Å². The lowest BCUT2D eigenvalue weighted by atomic mass is 10.0. The maximum absolute atomic E-state index is 3.65. The fraction of sp³-hybridized carbons (Fsp3) is 0.429. The fourth-order valence-corrected chi connectivity index (χ4v) is 0.589. The van der Waals surface area contributed by atoms with Crippen LogP contribution in [-0.4, -0.2) is 0 Å². The van der Waals surface area contributed by atoms with Crippen molar-refractivity contribution in [2.75, 3.05) is 0 Å². The predicted molar refractivity (Wildman–Crippen MR) is 32.1 cm³/mol. The molecule has 0 atom stereocenters. The molecule has 38 valence electrons. The van der Waals surface area contributed by atoms with Gasteiger partial charge in [-0.3, -0.25) is 0 Å². The van der Waals surface area contributed by atoms with Gasteiger partial charge in [-0.1, -0.05) is 25.2 Å². The minimum absolute atomic E-state index is 0.432. The van der Waals surface area contributed by atoms with E-state index >= 15 is 0 Å². The Morgan fingerprint density at radius 2 is 2.29 bits per heavy atom. The van der Waals surface area contributed by atoms with E-state index < -0.39 is 0 Å². The minimum Gasteiger partial charge on any atom is -0.103 e. The van der Waals surface area contributed by atoms with Crippen LogP contribution in [0.2, 0.25) is 0 Å². The average Bonchev–Trinajstić information content (AvgIpc) is 2.22. The molecule has 1 aliphatic carbocycles. The molecule has 0 fully saturated rings. The van der Waals surface area contributed by atoms with Crippen molar-refractivity contribution >= 4 is 0 Å². The highest BCUT2D eigenvalue weighted by molar-refractivity contribution is 5.24. The first-order valence-corrected chi connectivity index (χ1v) is 2.58. The van der Waals surface area contributed by atoms with Gasteiger partial charge in [-0.25, -0.2) is 0 Å². The summed E-state index contributed by atoms with van der Waals surface area (Å²) in [5.41, 5.74) is 0.432. The first kappa shape index (κ1) is 4.63. The van der Waals surface area contributed by atoms with E-state index in [9.17, 15) is 0 Å². The topological polar surface area (TPSA) is 0 Å². The molecule has 1 rings (SSSR count). The van der Waals surface area contributed by atoms with E-state index in [-0.39, 0.29) is 0 Å². The molecule has 1 aliphatic rings. The predicted octanol–water partition coefficient (Wildman–Crippen LogP) is 2.14. The summed E-state index contributed by atoms with van der Waals surface area (Å²) in [6.45, 7) is 5.85. The van der Waals surface area contributed by atoms with Crippen LogP contribution in [0.3, 0.4) is 0 Å². The Hall–Kier alpha value is -0.520. The molecule has 0 N–H and O–H groups in total. The van der Waals surface area contributed by atoms with Gasteiger partial charge in [0.2, 0.25) is 0 Å². The van der Waals surface area contributed by atoms with Crippen molar-refractivity contribution in [1.82, 2.24) is 0 Å². The molecule has 0 amide bonds. The number of hydrogen-bond acceptors (Lipinski definition) is 0. The van der Waals surface area contributed by atoms with Crippen LogP contribution >= 0.6 is 0 Å². The van der Waals surface area contributed by atoms with Gasteiger partial charge in [0.25, 0.3) is 0 Å². The molecule has 0 aromatic rings. The fourth-order valence-electron chi connectivity index (χ4n) is 0.589. The second-order valence-corrected chi connectivity index (χ2v) is 2.33. The third kappa shape index (κ3) is 0.923. The van der Waals surface area contributed by atoms with Crippen LogP contribution in [0, 0.1) is 5.41 Å². The second-order valence-electron chi connectivity index (χ2n) is 2.33. The Balaban J connectivity index is 2.28. The molecule has 0 unspecified atom stereocenters. The molecule has 0 spiro atoms. The summed E-state index contributed by atoms with van der Waals surface area (Å²) in [6.07, 6.45) is 7.47. The summed E-state index contributed by atoms with van der Waals surface area (Å²) < 4.78 is 0. The minimum atomic E-state index is 0.432. The molecule has 7 heavy (non-hydrogen) atoms. The van der Waals surface area contributed by atoms with Crippen molar-refractivity contribution in [2.24, 2.45) is 5.41 Å². The summed E-state index contributed by atoms with van der Waals surface area (Å²) in [7, 11) is 0. The molecule has 0 aromatic carbocycles. The molecule has 0 bridgehead atoms. The maximum Gasteiger partial charge on any atom is 0.00676 e. The van der Waals surface area contributed by atoms with Gasteiger partial charge in [-0.15, -0.1) is 6.58 Å². The second kappa shape index (κ2) is 1.22. The first-order valence-electron chi connectivity index (χ1n) is 2.58.